The molecule has 0 N–H and O–H groups in total. The predicted octanol–water partition coefficient (Wildman–Crippen LogP) is -0.854. The fourth-order valence-electron chi connectivity index (χ4n) is 9.15. The van der Waals surface area contributed by atoms with Crippen molar-refractivity contribution in [3.8, 4) is 5.75 Å². The summed E-state index contributed by atoms with van der Waals surface area (Å²) in [7, 11) is -9.45. The Hall–Kier alpha value is -2.68. The average Bonchev–Trinajstić information content (AvgIpc) is 3.78. The van der Waals surface area contributed by atoms with Crippen LogP contribution in [0.5, 0.6) is 5.75 Å². The maximum Gasteiger partial charge on any atom is 1.00 e. The van der Waals surface area contributed by atoms with E-state index in [4.69, 9.17) is 9.57 Å². The summed E-state index contributed by atoms with van der Waals surface area (Å²) in [6.07, 6.45) is 13.6. The van der Waals surface area contributed by atoms with E-state index in [1.165, 1.54) is 42.0 Å². The van der Waals surface area contributed by atoms with Gasteiger partial charge in [0.2, 0.25) is 0 Å². The van der Waals surface area contributed by atoms with E-state index in [2.05, 4.69) is 54.5 Å². The zero-order chi connectivity index (χ0) is 47.6. The first-order valence-electron chi connectivity index (χ1n) is 22.2. The Bertz CT molecular complexity index is 2820. The molecule has 0 atom stereocenters. The van der Waals surface area contributed by atoms with Gasteiger partial charge in [0.15, 0.2) is 5.71 Å². The van der Waals surface area contributed by atoms with Gasteiger partial charge >= 0.3 is 94.6 Å². The molecule has 3 aliphatic heterocycles. The standard InChI is InChI=1S/C50H56N3O11S2.3Na/c1-6-7-31-51-41-17-11-10-16-39(41)49(2,3)43(51)27-19-34-14-13-15-35(48(34)63-36-21-23-37(24-22-36)65(57,58)59)20-28-44-50(4,5)40-33-38(66(60,61)62)25-26-42(40)52(44)32-12-8-9-18-47(56)64-53-45(54)29-30-46(53)55;;;/h11,16-17,19-28,33H,1,6-9,12-15,18,29-32H2,2-5H3,(H,57,58,59)(H,60,61,62);;;/q-1;3*+1/p-2. The quantitative estimate of drug-likeness (QED) is 0.0407. The second-order valence-electron chi connectivity index (χ2n) is 17.9. The molecule has 14 nitrogen and oxygen atoms in total. The molecule has 3 aromatic rings. The number of benzene rings is 3. The zero-order valence-corrected chi connectivity index (χ0v) is 48.3. The third-order valence-electron chi connectivity index (χ3n) is 12.7. The van der Waals surface area contributed by atoms with Gasteiger partial charge in [0.1, 0.15) is 44.0 Å². The summed E-state index contributed by atoms with van der Waals surface area (Å²) in [5.74, 6) is -0.857. The number of hydrogen-bond donors (Lipinski definition) is 0. The second-order valence-corrected chi connectivity index (χ2v) is 20.6. The number of rotatable bonds is 17. The fraction of sp³-hybridized carbons (Fsp3) is 0.380. The molecule has 0 radical (unpaired) electrons. The van der Waals surface area contributed by atoms with Gasteiger partial charge in [0, 0.05) is 54.1 Å². The van der Waals surface area contributed by atoms with Gasteiger partial charge in [-0.2, -0.15) is 24.6 Å². The van der Waals surface area contributed by atoms with Gasteiger partial charge in [0.25, 0.3) is 11.8 Å². The normalized spacial score (nSPS) is 18.6. The van der Waals surface area contributed by atoms with Crippen LogP contribution in [0.2, 0.25) is 0 Å². The van der Waals surface area contributed by atoms with Gasteiger partial charge in [-0.05, 0) is 110 Å². The molecule has 19 heteroatoms. The summed E-state index contributed by atoms with van der Waals surface area (Å²) < 4.78 is 81.0. The number of fused-ring (bicyclic) bond motifs is 2. The average molecular weight is 1010 g/mol. The van der Waals surface area contributed by atoms with Crippen LogP contribution in [-0.4, -0.2) is 72.2 Å². The number of anilines is 1. The zero-order valence-electron chi connectivity index (χ0n) is 40.6. The van der Waals surface area contributed by atoms with E-state index in [0.717, 1.165) is 59.7 Å². The van der Waals surface area contributed by atoms with Crippen LogP contribution in [0.1, 0.15) is 109 Å². The molecule has 4 aliphatic rings. The minimum absolute atomic E-state index is 0. The first-order chi connectivity index (χ1) is 31.2. The topological polar surface area (TPSA) is 194 Å². The van der Waals surface area contributed by atoms with E-state index in [9.17, 15) is 40.3 Å². The fourth-order valence-corrected chi connectivity index (χ4v) is 10.1. The molecular weight excluding hydrogens is 952 g/mol. The Morgan fingerprint density at radius 2 is 1.48 bits per heavy atom. The van der Waals surface area contributed by atoms with Gasteiger partial charge in [-0.15, -0.1) is 11.1 Å². The number of allylic oxidation sites excluding steroid dienone is 7. The van der Waals surface area contributed by atoms with Gasteiger partial charge in [0.05, 0.1) is 9.79 Å². The van der Waals surface area contributed by atoms with E-state index in [1.807, 2.05) is 38.1 Å². The minimum Gasteiger partial charge on any atom is -0.744 e. The summed E-state index contributed by atoms with van der Waals surface area (Å²) in [4.78, 5) is 42.7. The van der Waals surface area contributed by atoms with Gasteiger partial charge < -0.3 is 30.5 Å². The summed E-state index contributed by atoms with van der Waals surface area (Å²) in [6.45, 7) is 13.6. The second kappa shape index (κ2) is 24.4. The van der Waals surface area contributed by atoms with Gasteiger partial charge in [-0.1, -0.05) is 45.8 Å². The van der Waals surface area contributed by atoms with E-state index in [1.54, 1.807) is 6.07 Å². The molecular formula is C50H54N3Na3O11S2. The Morgan fingerprint density at radius 3 is 2.13 bits per heavy atom. The maximum absolute atomic E-state index is 12.5. The van der Waals surface area contributed by atoms with Crippen molar-refractivity contribution >= 4 is 55.1 Å². The van der Waals surface area contributed by atoms with Gasteiger partial charge in [-0.25, -0.2) is 26.2 Å². The third kappa shape index (κ3) is 13.3. The van der Waals surface area contributed by atoms with Crippen LogP contribution in [0.3, 0.4) is 0 Å². The van der Waals surface area contributed by atoms with Crippen LogP contribution in [-0.2, 0) is 50.3 Å². The number of imide groups is 1. The Kier molecular flexibility index (Phi) is 20.8. The van der Waals surface area contributed by atoms with Crippen LogP contribution in [0.4, 0.5) is 11.4 Å². The van der Waals surface area contributed by atoms with E-state index >= 15 is 0 Å². The Labute approximate surface area is 472 Å². The minimum atomic E-state index is -4.76. The largest absolute Gasteiger partial charge is 1.00 e. The molecule has 2 amide bonds. The van der Waals surface area contributed by atoms with Crippen molar-refractivity contribution in [2.45, 2.75) is 119 Å². The molecule has 0 unspecified atom stereocenters. The van der Waals surface area contributed by atoms with E-state index in [0.29, 0.717) is 60.8 Å². The van der Waals surface area contributed by atoms with Crippen LogP contribution < -0.4 is 98.3 Å². The SMILES string of the molecule is [CH2-]CCC[N+]1=C(/C=C/C2=C(Oc3ccc(S(=O)(=O)[O-])cc3)C(=C/C=C3/N(CCCCCC(=O)ON4C(=O)CCC4=O)c4ccc(S(=O)(=O)[O-])cc4C3(C)C)/CCC2)C(C)(C)c2c[c-]ccc21.[Na+].[Na+].[Na+]. The van der Waals surface area contributed by atoms with Crippen LogP contribution in [0, 0.1) is 13.0 Å². The van der Waals surface area contributed by atoms with Crippen molar-refractivity contribution in [3.63, 3.8) is 0 Å². The molecule has 1 fully saturated rings. The number of ether oxygens (including phenoxy) is 1. The summed E-state index contributed by atoms with van der Waals surface area (Å²) in [5.41, 5.74) is 6.25. The molecule has 350 valence electrons. The van der Waals surface area contributed by atoms with Crippen LogP contribution in [0.15, 0.2) is 117 Å². The van der Waals surface area contributed by atoms with Crippen molar-refractivity contribution in [3.05, 3.63) is 132 Å². The first kappa shape index (κ1) is 58.9. The van der Waals surface area contributed by atoms with E-state index < -0.39 is 43.4 Å². The molecule has 69 heavy (non-hydrogen) atoms. The van der Waals surface area contributed by atoms with Crippen molar-refractivity contribution < 1.29 is 143 Å². The predicted molar refractivity (Wildman–Crippen MR) is 244 cm³/mol. The molecule has 0 spiro atoms. The number of amides is 2. The molecule has 3 aromatic carbocycles. The Morgan fingerprint density at radius 1 is 0.812 bits per heavy atom. The van der Waals surface area contributed by atoms with Crippen molar-refractivity contribution in [2.24, 2.45) is 0 Å². The van der Waals surface area contributed by atoms with Crippen LogP contribution >= 0.6 is 0 Å². The number of nitrogens with zero attached hydrogens (tertiary/aromatic N) is 3. The Balaban J connectivity index is 0.00000346. The number of unbranched alkanes of at least 4 members (excludes halogenated alkanes) is 3. The number of carbonyl (C=O) groups excluding carboxylic acids is 3. The molecule has 7 rings (SSSR count). The van der Waals surface area contributed by atoms with Crippen molar-refractivity contribution in [1.82, 2.24) is 5.06 Å². The third-order valence-corrected chi connectivity index (χ3v) is 14.4. The summed E-state index contributed by atoms with van der Waals surface area (Å²) in [6, 6.07) is 19.0. The van der Waals surface area contributed by atoms with E-state index in [-0.39, 0.29) is 123 Å². The molecule has 0 bridgehead atoms. The van der Waals surface area contributed by atoms with Gasteiger partial charge in [-0.3, -0.25) is 9.59 Å². The summed E-state index contributed by atoms with van der Waals surface area (Å²) >= 11 is 0. The molecule has 3 heterocycles. The molecule has 1 saturated heterocycles. The maximum atomic E-state index is 12.5. The molecule has 0 saturated carbocycles. The first-order valence-corrected chi connectivity index (χ1v) is 25.0. The van der Waals surface area contributed by atoms with Crippen LogP contribution in [0.25, 0.3) is 0 Å². The van der Waals surface area contributed by atoms with Crippen molar-refractivity contribution in [1.29, 1.82) is 0 Å². The smallest absolute Gasteiger partial charge is 0.744 e. The molecule has 0 aromatic heterocycles. The monoisotopic (exact) mass is 1010 g/mol. The number of hydroxylamine groups is 2. The molecule has 1 aliphatic carbocycles. The summed E-state index contributed by atoms with van der Waals surface area (Å²) in [5, 5.41) is 0.537. The number of hydrogen-bond acceptors (Lipinski definition) is 12. The van der Waals surface area contributed by atoms with Crippen molar-refractivity contribution in [2.75, 3.05) is 18.0 Å². The number of carbonyl (C=O) groups is 3.